The third-order valence-corrected chi connectivity index (χ3v) is 3.75. The first-order valence-electron chi connectivity index (χ1n) is 6.96. The quantitative estimate of drug-likeness (QED) is 0.846. The van der Waals surface area contributed by atoms with E-state index in [1.165, 1.54) is 16.8 Å². The Balaban J connectivity index is 1.96. The van der Waals surface area contributed by atoms with Crippen LogP contribution >= 0.6 is 0 Å². The Morgan fingerprint density at radius 3 is 3.05 bits per heavy atom. The summed E-state index contributed by atoms with van der Waals surface area (Å²) in [6, 6.07) is 6.22. The van der Waals surface area contributed by atoms with Crippen LogP contribution < -0.4 is 10.6 Å². The van der Waals surface area contributed by atoms with E-state index in [0.717, 1.165) is 26.1 Å². The molecule has 1 heterocycles. The lowest BCUT2D eigenvalue weighted by molar-refractivity contribution is -0.131. The van der Waals surface area contributed by atoms with E-state index in [4.69, 9.17) is 0 Å². The lowest BCUT2D eigenvalue weighted by atomic mass is 10.1. The van der Waals surface area contributed by atoms with Crippen LogP contribution in [0.3, 0.4) is 0 Å². The van der Waals surface area contributed by atoms with Crippen molar-refractivity contribution in [2.24, 2.45) is 0 Å². The van der Waals surface area contributed by atoms with Gasteiger partial charge in [0, 0.05) is 32.4 Å². The van der Waals surface area contributed by atoms with Crippen LogP contribution in [0.1, 0.15) is 25.0 Å². The number of rotatable bonds is 5. The summed E-state index contributed by atoms with van der Waals surface area (Å²) in [5, 5.41) is 6.73. The Kier molecular flexibility index (Phi) is 4.43. The number of fused-ring (bicyclic) bond motifs is 1. The van der Waals surface area contributed by atoms with E-state index in [9.17, 15) is 4.79 Å². The van der Waals surface area contributed by atoms with Gasteiger partial charge in [-0.15, -0.1) is 0 Å². The number of nitrogens with one attached hydrogen (secondary N) is 2. The highest BCUT2D eigenvalue weighted by molar-refractivity contribution is 5.81. The van der Waals surface area contributed by atoms with Crippen molar-refractivity contribution in [3.8, 4) is 0 Å². The molecule has 0 bridgehead atoms. The number of hydrogen-bond donors (Lipinski definition) is 2. The summed E-state index contributed by atoms with van der Waals surface area (Å²) in [6.45, 7) is 6.39. The van der Waals surface area contributed by atoms with Crippen molar-refractivity contribution in [1.29, 1.82) is 0 Å². The van der Waals surface area contributed by atoms with Gasteiger partial charge in [0.2, 0.25) is 5.91 Å². The normalized spacial score (nSPS) is 14.7. The molecule has 1 unspecified atom stereocenters. The molecule has 4 nitrogen and oxygen atoms in total. The first-order chi connectivity index (χ1) is 9.13. The molecular weight excluding hydrogens is 238 g/mol. The highest BCUT2D eigenvalue weighted by Crippen LogP contribution is 2.26. The van der Waals surface area contributed by atoms with E-state index in [-0.39, 0.29) is 11.9 Å². The third kappa shape index (κ3) is 3.07. The Morgan fingerprint density at radius 1 is 1.53 bits per heavy atom. The summed E-state index contributed by atoms with van der Waals surface area (Å²) in [5.74, 6) is 0.142. The van der Waals surface area contributed by atoms with Gasteiger partial charge in [0.15, 0.2) is 0 Å². The number of nitrogens with zero attached hydrogens (tertiary/aromatic N) is 1. The molecule has 1 aliphatic heterocycles. The molecule has 0 saturated heterocycles. The van der Waals surface area contributed by atoms with Gasteiger partial charge >= 0.3 is 0 Å². The number of benzene rings is 1. The summed E-state index contributed by atoms with van der Waals surface area (Å²) in [5.41, 5.74) is 3.87. The fourth-order valence-electron chi connectivity index (χ4n) is 2.39. The van der Waals surface area contributed by atoms with Crippen LogP contribution in [0.5, 0.6) is 0 Å². The first kappa shape index (κ1) is 13.9. The second-order valence-electron chi connectivity index (χ2n) is 5.08. The second kappa shape index (κ2) is 6.06. The average Bonchev–Trinajstić information content (AvgIpc) is 2.91. The fraction of sp³-hybridized carbons (Fsp3) is 0.533. The number of para-hydroxylation sites is 1. The summed E-state index contributed by atoms with van der Waals surface area (Å²) in [7, 11) is 1.84. The van der Waals surface area contributed by atoms with Gasteiger partial charge < -0.3 is 15.5 Å². The summed E-state index contributed by atoms with van der Waals surface area (Å²) in [6.07, 6.45) is 1.09. The molecule has 2 rings (SSSR count). The zero-order valence-electron chi connectivity index (χ0n) is 12.0. The highest BCUT2D eigenvalue weighted by Gasteiger charge is 2.17. The predicted octanol–water partition coefficient (Wildman–Crippen LogP) is 1.61. The molecule has 1 aromatic carbocycles. The largest absolute Gasteiger partial charge is 0.384 e. The van der Waals surface area contributed by atoms with Crippen LogP contribution in [0.4, 0.5) is 5.69 Å². The number of anilines is 1. The van der Waals surface area contributed by atoms with Crippen LogP contribution in [0.2, 0.25) is 0 Å². The van der Waals surface area contributed by atoms with Crippen molar-refractivity contribution in [3.05, 3.63) is 29.3 Å². The van der Waals surface area contributed by atoms with Gasteiger partial charge in [-0.25, -0.2) is 0 Å². The lowest BCUT2D eigenvalue weighted by Crippen LogP contribution is -2.42. The molecule has 1 amide bonds. The molecule has 2 N–H and O–H groups in total. The van der Waals surface area contributed by atoms with Crippen LogP contribution in [0, 0.1) is 0 Å². The Morgan fingerprint density at radius 2 is 2.32 bits per heavy atom. The molecule has 0 fully saturated rings. The summed E-state index contributed by atoms with van der Waals surface area (Å²) in [4.78, 5) is 13.7. The van der Waals surface area contributed by atoms with Crippen molar-refractivity contribution < 1.29 is 4.79 Å². The van der Waals surface area contributed by atoms with E-state index < -0.39 is 0 Å². The van der Waals surface area contributed by atoms with Crippen molar-refractivity contribution in [1.82, 2.24) is 10.2 Å². The van der Waals surface area contributed by atoms with E-state index in [2.05, 4.69) is 28.8 Å². The van der Waals surface area contributed by atoms with Crippen LogP contribution in [0.15, 0.2) is 18.2 Å². The Bertz CT molecular complexity index is 459. The van der Waals surface area contributed by atoms with Gasteiger partial charge in [0.25, 0.3) is 0 Å². The molecule has 0 aliphatic carbocycles. The molecular formula is C15H23N3O. The number of likely N-dealkylation sites (N-methyl/N-ethyl adjacent to an activating group) is 1. The summed E-state index contributed by atoms with van der Waals surface area (Å²) < 4.78 is 0. The van der Waals surface area contributed by atoms with Crippen LogP contribution in [0.25, 0.3) is 0 Å². The van der Waals surface area contributed by atoms with Crippen molar-refractivity contribution in [2.45, 2.75) is 32.9 Å². The van der Waals surface area contributed by atoms with E-state index >= 15 is 0 Å². The first-order valence-corrected chi connectivity index (χ1v) is 6.96. The topological polar surface area (TPSA) is 44.4 Å². The van der Waals surface area contributed by atoms with Crippen LogP contribution in [-0.4, -0.2) is 37.0 Å². The summed E-state index contributed by atoms with van der Waals surface area (Å²) >= 11 is 0. The average molecular weight is 261 g/mol. The van der Waals surface area contributed by atoms with Gasteiger partial charge in [-0.1, -0.05) is 18.2 Å². The molecule has 104 valence electrons. The van der Waals surface area contributed by atoms with Crippen LogP contribution in [-0.2, 0) is 17.8 Å². The molecule has 4 heteroatoms. The zero-order chi connectivity index (χ0) is 13.8. The van der Waals surface area contributed by atoms with Gasteiger partial charge in [-0.2, -0.15) is 0 Å². The van der Waals surface area contributed by atoms with Crippen molar-refractivity contribution in [3.63, 3.8) is 0 Å². The molecule has 0 aromatic heterocycles. The minimum atomic E-state index is -0.151. The number of carbonyl (C=O) groups excluding carboxylic acids is 1. The number of amides is 1. The maximum atomic E-state index is 12.0. The molecule has 1 aliphatic rings. The molecule has 19 heavy (non-hydrogen) atoms. The van der Waals surface area contributed by atoms with Crippen molar-refractivity contribution >= 4 is 11.6 Å². The molecule has 1 aromatic rings. The molecule has 0 radical (unpaired) electrons. The van der Waals surface area contributed by atoms with E-state index in [1.54, 1.807) is 4.90 Å². The number of carbonyl (C=O) groups is 1. The smallest absolute Gasteiger partial charge is 0.239 e. The van der Waals surface area contributed by atoms with Gasteiger partial charge in [-0.05, 0) is 31.4 Å². The van der Waals surface area contributed by atoms with Gasteiger partial charge in [0.1, 0.15) is 0 Å². The third-order valence-electron chi connectivity index (χ3n) is 3.75. The minimum Gasteiger partial charge on any atom is -0.384 e. The fourth-order valence-corrected chi connectivity index (χ4v) is 2.39. The van der Waals surface area contributed by atoms with Gasteiger partial charge in [0.05, 0.1) is 6.04 Å². The molecule has 0 spiro atoms. The Hall–Kier alpha value is -1.55. The molecule has 0 saturated carbocycles. The molecule has 1 atom stereocenters. The monoisotopic (exact) mass is 261 g/mol. The number of hydrogen-bond acceptors (Lipinski definition) is 3. The zero-order valence-corrected chi connectivity index (χ0v) is 12.0. The SMILES string of the molecule is CCN(C)C(=O)C(C)NCc1cccc2c1NCC2. The van der Waals surface area contributed by atoms with E-state index in [0.29, 0.717) is 0 Å². The highest BCUT2D eigenvalue weighted by atomic mass is 16.2. The Labute approximate surface area is 115 Å². The maximum absolute atomic E-state index is 12.0. The van der Waals surface area contributed by atoms with Gasteiger partial charge in [-0.3, -0.25) is 4.79 Å². The predicted molar refractivity (Wildman–Crippen MR) is 78.2 cm³/mol. The van der Waals surface area contributed by atoms with Crippen molar-refractivity contribution in [2.75, 3.05) is 25.5 Å². The standard InChI is InChI=1S/C15H23N3O/c1-4-18(3)15(19)11(2)17-10-13-7-5-6-12-8-9-16-14(12)13/h5-7,11,16-17H,4,8-10H2,1-3H3. The minimum absolute atomic E-state index is 0.142. The maximum Gasteiger partial charge on any atom is 0.239 e. The second-order valence-corrected chi connectivity index (χ2v) is 5.08. The van der Waals surface area contributed by atoms with E-state index in [1.807, 2.05) is 20.9 Å². The lowest BCUT2D eigenvalue weighted by Gasteiger charge is -2.21.